The van der Waals surface area contributed by atoms with Gasteiger partial charge in [0.2, 0.25) is 0 Å². The van der Waals surface area contributed by atoms with Crippen molar-refractivity contribution >= 4 is 15.9 Å². The lowest BCUT2D eigenvalue weighted by molar-refractivity contribution is 0.0856. The maximum atomic E-state index is 13.4. The van der Waals surface area contributed by atoms with Crippen LogP contribution in [0.4, 0.5) is 4.39 Å². The van der Waals surface area contributed by atoms with Crippen LogP contribution in [0.25, 0.3) is 0 Å². The number of benzene rings is 2. The van der Waals surface area contributed by atoms with Gasteiger partial charge in [-0.1, -0.05) is 17.7 Å². The van der Waals surface area contributed by atoms with Crippen molar-refractivity contribution in [2.75, 3.05) is 0 Å². The number of carbonyl (C=O) groups excluding carboxylic acids is 1. The Kier molecular flexibility index (Phi) is 3.93. The molecule has 2 aromatic carbocycles. The Morgan fingerprint density at radius 2 is 1.83 bits per heavy atom. The van der Waals surface area contributed by atoms with Crippen LogP contribution < -0.4 is 4.18 Å². The molecule has 3 rings (SSSR count). The quantitative estimate of drug-likeness (QED) is 0.809. The summed E-state index contributed by atoms with van der Waals surface area (Å²) in [7, 11) is -3.94. The molecule has 0 heterocycles. The molecular weight excluding hydrogens is 319 g/mol. The highest BCUT2D eigenvalue weighted by atomic mass is 32.2. The topological polar surface area (TPSA) is 60.4 Å². The molecule has 0 spiro atoms. The number of hydrogen-bond donors (Lipinski definition) is 0. The molecule has 2 aromatic rings. The first-order valence-electron chi connectivity index (χ1n) is 7.19. The number of Topliss-reactive ketones (excluding diaryl/α,β-unsaturated/α-hetero) is 1. The van der Waals surface area contributed by atoms with E-state index in [1.807, 2.05) is 6.92 Å². The zero-order valence-corrected chi connectivity index (χ0v) is 13.3. The molecule has 0 amide bonds. The van der Waals surface area contributed by atoms with E-state index in [1.165, 1.54) is 30.3 Å². The average Bonchev–Trinajstić information content (AvgIpc) is 2.51. The fourth-order valence-corrected chi connectivity index (χ4v) is 3.45. The van der Waals surface area contributed by atoms with Gasteiger partial charge < -0.3 is 4.18 Å². The first kappa shape index (κ1) is 15.7. The number of alkyl halides is 1. The lowest BCUT2D eigenvalue weighted by Gasteiger charge is -2.18. The molecule has 0 radical (unpaired) electrons. The van der Waals surface area contributed by atoms with E-state index in [0.717, 1.165) is 5.56 Å². The minimum atomic E-state index is -3.94. The van der Waals surface area contributed by atoms with Gasteiger partial charge in [0, 0.05) is 5.56 Å². The first-order chi connectivity index (χ1) is 10.9. The predicted molar refractivity (Wildman–Crippen MR) is 83.0 cm³/mol. The highest BCUT2D eigenvalue weighted by Crippen LogP contribution is 2.28. The summed E-state index contributed by atoms with van der Waals surface area (Å²) in [5, 5.41) is 0. The number of aryl methyl sites for hydroxylation is 2. The van der Waals surface area contributed by atoms with Gasteiger partial charge in [0.1, 0.15) is 10.6 Å². The van der Waals surface area contributed by atoms with E-state index in [-0.39, 0.29) is 17.1 Å². The highest BCUT2D eigenvalue weighted by molar-refractivity contribution is 7.87. The van der Waals surface area contributed by atoms with Crippen molar-refractivity contribution in [2.24, 2.45) is 0 Å². The Balaban J connectivity index is 1.89. The van der Waals surface area contributed by atoms with Gasteiger partial charge in [0.15, 0.2) is 12.0 Å². The van der Waals surface area contributed by atoms with Crippen LogP contribution in [-0.4, -0.2) is 20.4 Å². The number of hydrogen-bond acceptors (Lipinski definition) is 4. The minimum absolute atomic E-state index is 0.0562. The summed E-state index contributed by atoms with van der Waals surface area (Å²) in [5.41, 5.74) is 1.85. The summed E-state index contributed by atoms with van der Waals surface area (Å²) >= 11 is 0. The Morgan fingerprint density at radius 3 is 2.52 bits per heavy atom. The third kappa shape index (κ3) is 3.12. The molecule has 4 nitrogen and oxygen atoms in total. The van der Waals surface area contributed by atoms with Gasteiger partial charge in [0.05, 0.1) is 0 Å². The van der Waals surface area contributed by atoms with Gasteiger partial charge >= 0.3 is 10.1 Å². The Bertz CT molecular complexity index is 857. The summed E-state index contributed by atoms with van der Waals surface area (Å²) < 4.78 is 43.0. The van der Waals surface area contributed by atoms with Gasteiger partial charge in [-0.15, -0.1) is 0 Å². The Hall–Kier alpha value is -2.21. The SMILES string of the molecule is Cc1ccc(S(=O)(=O)Oc2ccc3c(c2)CC[C@@H](F)C3=O)cc1. The second-order valence-electron chi connectivity index (χ2n) is 5.54. The molecule has 1 atom stereocenters. The normalized spacial score (nSPS) is 17.7. The summed E-state index contributed by atoms with van der Waals surface area (Å²) in [6, 6.07) is 10.6. The number of halogens is 1. The van der Waals surface area contributed by atoms with Crippen molar-refractivity contribution in [2.45, 2.75) is 30.8 Å². The van der Waals surface area contributed by atoms with Gasteiger partial charge in [-0.25, -0.2) is 4.39 Å². The molecule has 0 fully saturated rings. The fourth-order valence-electron chi connectivity index (χ4n) is 2.53. The van der Waals surface area contributed by atoms with E-state index >= 15 is 0 Å². The minimum Gasteiger partial charge on any atom is -0.379 e. The lowest BCUT2D eigenvalue weighted by atomic mass is 9.89. The maximum Gasteiger partial charge on any atom is 0.339 e. The molecule has 0 aliphatic heterocycles. The van der Waals surface area contributed by atoms with Crippen LogP contribution in [-0.2, 0) is 16.5 Å². The molecule has 0 saturated heterocycles. The molecule has 6 heteroatoms. The molecule has 0 saturated carbocycles. The van der Waals surface area contributed by atoms with Crippen molar-refractivity contribution < 1.29 is 21.8 Å². The monoisotopic (exact) mass is 334 g/mol. The van der Waals surface area contributed by atoms with Crippen LogP contribution in [0.15, 0.2) is 47.4 Å². The lowest BCUT2D eigenvalue weighted by Crippen LogP contribution is -2.23. The molecular formula is C17H15FO4S. The fraction of sp³-hybridized carbons (Fsp3) is 0.235. The largest absolute Gasteiger partial charge is 0.379 e. The van der Waals surface area contributed by atoms with Crippen molar-refractivity contribution in [1.29, 1.82) is 0 Å². The zero-order valence-electron chi connectivity index (χ0n) is 12.5. The van der Waals surface area contributed by atoms with Crippen molar-refractivity contribution in [3.05, 3.63) is 59.2 Å². The van der Waals surface area contributed by atoms with E-state index in [0.29, 0.717) is 17.5 Å². The van der Waals surface area contributed by atoms with E-state index < -0.39 is 22.1 Å². The molecule has 0 aromatic heterocycles. The van der Waals surface area contributed by atoms with Gasteiger partial charge in [-0.3, -0.25) is 4.79 Å². The van der Waals surface area contributed by atoms with Crippen LogP contribution in [0.2, 0.25) is 0 Å². The molecule has 1 aliphatic rings. The van der Waals surface area contributed by atoms with E-state index in [2.05, 4.69) is 0 Å². The van der Waals surface area contributed by atoms with Crippen molar-refractivity contribution in [3.8, 4) is 5.75 Å². The van der Waals surface area contributed by atoms with E-state index in [1.54, 1.807) is 12.1 Å². The van der Waals surface area contributed by atoms with E-state index in [4.69, 9.17) is 4.18 Å². The van der Waals surface area contributed by atoms with Crippen LogP contribution in [0.1, 0.15) is 27.9 Å². The molecule has 120 valence electrons. The molecule has 0 bridgehead atoms. The third-order valence-corrected chi connectivity index (χ3v) is 5.07. The predicted octanol–water partition coefficient (Wildman–Crippen LogP) is 3.23. The summed E-state index contributed by atoms with van der Waals surface area (Å²) in [6.07, 6.45) is -0.991. The van der Waals surface area contributed by atoms with Crippen LogP contribution >= 0.6 is 0 Å². The number of carbonyl (C=O) groups is 1. The summed E-state index contributed by atoms with van der Waals surface area (Å²) in [5.74, 6) is -0.436. The van der Waals surface area contributed by atoms with Crippen LogP contribution in [0.5, 0.6) is 5.75 Å². The van der Waals surface area contributed by atoms with Gasteiger partial charge in [0.25, 0.3) is 0 Å². The zero-order chi connectivity index (χ0) is 16.6. The van der Waals surface area contributed by atoms with Gasteiger partial charge in [-0.05, 0) is 55.7 Å². The Morgan fingerprint density at radius 1 is 1.13 bits per heavy atom. The summed E-state index contributed by atoms with van der Waals surface area (Å²) in [4.78, 5) is 11.8. The number of rotatable bonds is 3. The highest BCUT2D eigenvalue weighted by Gasteiger charge is 2.27. The maximum absolute atomic E-state index is 13.4. The second kappa shape index (κ2) is 5.77. The molecule has 23 heavy (non-hydrogen) atoms. The second-order valence-corrected chi connectivity index (χ2v) is 7.09. The van der Waals surface area contributed by atoms with Crippen LogP contribution in [0.3, 0.4) is 0 Å². The third-order valence-electron chi connectivity index (χ3n) is 3.81. The van der Waals surface area contributed by atoms with Crippen molar-refractivity contribution in [3.63, 3.8) is 0 Å². The van der Waals surface area contributed by atoms with E-state index in [9.17, 15) is 17.6 Å². The number of fused-ring (bicyclic) bond motifs is 1. The van der Waals surface area contributed by atoms with Crippen LogP contribution in [0, 0.1) is 6.92 Å². The average molecular weight is 334 g/mol. The number of ketones is 1. The molecule has 0 N–H and O–H groups in total. The first-order valence-corrected chi connectivity index (χ1v) is 8.60. The molecule has 1 aliphatic carbocycles. The standard InChI is InChI=1S/C17H15FO4S/c1-11-2-6-14(7-3-11)23(20,21)22-13-5-8-15-12(10-13)4-9-16(18)17(15)19/h2-3,5-8,10,16H,4,9H2,1H3/t16-/m1/s1. The smallest absolute Gasteiger partial charge is 0.339 e. The summed E-state index contributed by atoms with van der Waals surface area (Å²) in [6.45, 7) is 1.86. The van der Waals surface area contributed by atoms with Crippen molar-refractivity contribution in [1.82, 2.24) is 0 Å². The molecule has 0 unspecified atom stereocenters. The Labute approximate surface area is 134 Å². The van der Waals surface area contributed by atoms with Gasteiger partial charge in [-0.2, -0.15) is 8.42 Å².